The Labute approximate surface area is 114 Å². The Morgan fingerprint density at radius 3 is 2.40 bits per heavy atom. The average Bonchev–Trinajstić information content (AvgIpc) is 2.39. The molecule has 0 saturated heterocycles. The third-order valence-corrected chi connectivity index (χ3v) is 2.50. The van der Waals surface area contributed by atoms with Crippen LogP contribution in [-0.4, -0.2) is 30.9 Å². The molecule has 0 fully saturated rings. The number of alkyl halides is 3. The van der Waals surface area contributed by atoms with Gasteiger partial charge in [0.25, 0.3) is 0 Å². The fraction of sp³-hybridized carbons (Fsp3) is 0.462. The van der Waals surface area contributed by atoms with Gasteiger partial charge >= 0.3 is 12.1 Å². The molecule has 0 radical (unpaired) electrons. The van der Waals surface area contributed by atoms with E-state index in [2.05, 4.69) is 4.74 Å². The summed E-state index contributed by atoms with van der Waals surface area (Å²) in [5.41, 5.74) is 5.67. The number of nitrogens with two attached hydrogens (primary N) is 1. The van der Waals surface area contributed by atoms with Crippen molar-refractivity contribution < 1.29 is 27.4 Å². The second-order valence-electron chi connectivity index (χ2n) is 4.04. The number of hydrogen-bond donors (Lipinski definition) is 1. The van der Waals surface area contributed by atoms with Gasteiger partial charge in [-0.25, -0.2) is 4.79 Å². The van der Waals surface area contributed by atoms with Crippen molar-refractivity contribution in [1.82, 2.24) is 0 Å². The maximum atomic E-state index is 12.6. The van der Waals surface area contributed by atoms with E-state index in [1.54, 1.807) is 30.3 Å². The monoisotopic (exact) mass is 291 g/mol. The third-order valence-electron chi connectivity index (χ3n) is 2.50. The zero-order valence-corrected chi connectivity index (χ0v) is 10.9. The summed E-state index contributed by atoms with van der Waals surface area (Å²) in [5.74, 6) is -1.12. The summed E-state index contributed by atoms with van der Waals surface area (Å²) in [7, 11) is 0. The van der Waals surface area contributed by atoms with Gasteiger partial charge in [0.2, 0.25) is 0 Å². The Balaban J connectivity index is 2.75. The predicted octanol–water partition coefficient (Wildman–Crippen LogP) is 2.02. The molecule has 4 nitrogen and oxygen atoms in total. The van der Waals surface area contributed by atoms with Crippen molar-refractivity contribution in [1.29, 1.82) is 0 Å². The maximum absolute atomic E-state index is 12.6. The van der Waals surface area contributed by atoms with Crippen LogP contribution < -0.4 is 5.73 Å². The molecule has 1 aromatic carbocycles. The normalized spacial score (nSPS) is 14.7. The molecule has 7 heteroatoms. The lowest BCUT2D eigenvalue weighted by Gasteiger charge is -2.24. The Hall–Kier alpha value is -1.60. The highest BCUT2D eigenvalue weighted by atomic mass is 19.4. The first kappa shape index (κ1) is 16.5. The smallest absolute Gasteiger partial charge is 0.406 e. The van der Waals surface area contributed by atoms with Crippen molar-refractivity contribution in [2.24, 2.45) is 5.73 Å². The van der Waals surface area contributed by atoms with Gasteiger partial charge in [0.05, 0.1) is 13.2 Å². The molecule has 0 aliphatic rings. The summed E-state index contributed by atoms with van der Waals surface area (Å²) in [6.45, 7) is 1.29. The van der Waals surface area contributed by atoms with E-state index in [0.717, 1.165) is 0 Å². The van der Waals surface area contributed by atoms with Crippen LogP contribution in [0.5, 0.6) is 0 Å². The SMILES string of the molecule is CCOC(=O)[C@H](OCc1ccccc1)[C@@H](N)C(F)(F)F. The Bertz CT molecular complexity index is 423. The van der Waals surface area contributed by atoms with Gasteiger partial charge in [-0.15, -0.1) is 0 Å². The lowest BCUT2D eigenvalue weighted by molar-refractivity contribution is -0.194. The highest BCUT2D eigenvalue weighted by Crippen LogP contribution is 2.23. The molecule has 1 rings (SSSR count). The molecular formula is C13H16F3NO3. The molecule has 0 aromatic heterocycles. The third kappa shape index (κ3) is 4.82. The Kier molecular flexibility index (Phi) is 5.97. The summed E-state index contributed by atoms with van der Waals surface area (Å²) in [5, 5.41) is 0. The van der Waals surface area contributed by atoms with Crippen LogP contribution in [0.25, 0.3) is 0 Å². The van der Waals surface area contributed by atoms with E-state index in [1.165, 1.54) is 6.92 Å². The number of carbonyl (C=O) groups excluding carboxylic acids is 1. The van der Waals surface area contributed by atoms with Gasteiger partial charge < -0.3 is 15.2 Å². The lowest BCUT2D eigenvalue weighted by atomic mass is 10.1. The maximum Gasteiger partial charge on any atom is 0.406 e. The van der Waals surface area contributed by atoms with Crippen LogP contribution in [0.2, 0.25) is 0 Å². The molecule has 0 spiro atoms. The van der Waals surface area contributed by atoms with Crippen molar-refractivity contribution >= 4 is 5.97 Å². The summed E-state index contributed by atoms with van der Waals surface area (Å²) in [6, 6.07) is 6.09. The van der Waals surface area contributed by atoms with Gasteiger partial charge in [-0.05, 0) is 12.5 Å². The molecule has 0 bridgehead atoms. The minimum absolute atomic E-state index is 0.0470. The molecule has 2 N–H and O–H groups in total. The molecule has 0 amide bonds. The van der Waals surface area contributed by atoms with Crippen LogP contribution in [0.3, 0.4) is 0 Å². The number of esters is 1. The first-order valence-electron chi connectivity index (χ1n) is 6.00. The van der Waals surface area contributed by atoms with Crippen molar-refractivity contribution in [2.75, 3.05) is 6.61 Å². The van der Waals surface area contributed by atoms with E-state index in [0.29, 0.717) is 5.56 Å². The van der Waals surface area contributed by atoms with Gasteiger partial charge in [0.15, 0.2) is 6.10 Å². The van der Waals surface area contributed by atoms with E-state index in [9.17, 15) is 18.0 Å². The Morgan fingerprint density at radius 2 is 1.90 bits per heavy atom. The first-order chi connectivity index (χ1) is 9.36. The van der Waals surface area contributed by atoms with Crippen molar-refractivity contribution in [3.63, 3.8) is 0 Å². The highest BCUT2D eigenvalue weighted by Gasteiger charge is 2.46. The van der Waals surface area contributed by atoms with Gasteiger partial charge in [-0.1, -0.05) is 30.3 Å². The minimum Gasteiger partial charge on any atom is -0.464 e. The molecule has 0 saturated carbocycles. The molecule has 20 heavy (non-hydrogen) atoms. The van der Waals surface area contributed by atoms with Crippen LogP contribution in [0, 0.1) is 0 Å². The summed E-state index contributed by atoms with van der Waals surface area (Å²) in [4.78, 5) is 11.5. The van der Waals surface area contributed by atoms with Crippen LogP contribution >= 0.6 is 0 Å². The topological polar surface area (TPSA) is 61.5 Å². The summed E-state index contributed by atoms with van der Waals surface area (Å²) >= 11 is 0. The molecule has 1 aromatic rings. The zero-order chi connectivity index (χ0) is 15.2. The van der Waals surface area contributed by atoms with Crippen molar-refractivity contribution in [2.45, 2.75) is 31.9 Å². The largest absolute Gasteiger partial charge is 0.464 e. The molecule has 0 unspecified atom stereocenters. The lowest BCUT2D eigenvalue weighted by Crippen LogP contribution is -2.52. The quantitative estimate of drug-likeness (QED) is 0.815. The molecular weight excluding hydrogens is 275 g/mol. The number of halogens is 3. The van der Waals surface area contributed by atoms with Crippen LogP contribution in [0.15, 0.2) is 30.3 Å². The fourth-order valence-electron chi connectivity index (χ4n) is 1.47. The number of benzene rings is 1. The van der Waals surface area contributed by atoms with Gasteiger partial charge in [-0.2, -0.15) is 13.2 Å². The molecule has 2 atom stereocenters. The number of carbonyl (C=O) groups is 1. The fourth-order valence-corrected chi connectivity index (χ4v) is 1.47. The van der Waals surface area contributed by atoms with E-state index in [1.807, 2.05) is 0 Å². The molecule has 0 aliphatic carbocycles. The van der Waals surface area contributed by atoms with Gasteiger partial charge in [0.1, 0.15) is 6.04 Å². The summed E-state index contributed by atoms with van der Waals surface area (Å²) in [6.07, 6.45) is -6.62. The van der Waals surface area contributed by atoms with Gasteiger partial charge in [-0.3, -0.25) is 0 Å². The first-order valence-corrected chi connectivity index (χ1v) is 6.00. The van der Waals surface area contributed by atoms with Crippen molar-refractivity contribution in [3.05, 3.63) is 35.9 Å². The van der Waals surface area contributed by atoms with E-state index in [4.69, 9.17) is 10.5 Å². The number of rotatable bonds is 6. The number of ether oxygens (including phenoxy) is 2. The predicted molar refractivity (Wildman–Crippen MR) is 65.7 cm³/mol. The second-order valence-corrected chi connectivity index (χ2v) is 4.04. The second kappa shape index (κ2) is 7.25. The van der Waals surface area contributed by atoms with E-state index < -0.39 is 24.3 Å². The van der Waals surface area contributed by atoms with Crippen LogP contribution in [0.1, 0.15) is 12.5 Å². The molecule has 0 aliphatic heterocycles. The average molecular weight is 291 g/mol. The standard InChI is InChI=1S/C13H16F3NO3/c1-2-19-12(18)10(11(17)13(14,15)16)20-8-9-6-4-3-5-7-9/h3-7,10-11H,2,8,17H2,1H3/t10-,11-/m1/s1. The molecule has 112 valence electrons. The zero-order valence-electron chi connectivity index (χ0n) is 10.9. The molecule has 0 heterocycles. The Morgan fingerprint density at radius 1 is 1.30 bits per heavy atom. The van der Waals surface area contributed by atoms with E-state index in [-0.39, 0.29) is 13.2 Å². The van der Waals surface area contributed by atoms with E-state index >= 15 is 0 Å². The van der Waals surface area contributed by atoms with Gasteiger partial charge in [0, 0.05) is 0 Å². The van der Waals surface area contributed by atoms with Crippen LogP contribution in [0.4, 0.5) is 13.2 Å². The van der Waals surface area contributed by atoms with Crippen LogP contribution in [-0.2, 0) is 20.9 Å². The highest BCUT2D eigenvalue weighted by molar-refractivity contribution is 5.75. The summed E-state index contributed by atoms with van der Waals surface area (Å²) < 4.78 is 47.4. The minimum atomic E-state index is -4.74. The van der Waals surface area contributed by atoms with Crippen molar-refractivity contribution in [3.8, 4) is 0 Å². The number of hydrogen-bond acceptors (Lipinski definition) is 4.